The number of furan rings is 1. The summed E-state index contributed by atoms with van der Waals surface area (Å²) < 4.78 is 9.64. The monoisotopic (exact) mass is 330 g/mol. The van der Waals surface area contributed by atoms with Gasteiger partial charge in [-0.3, -0.25) is 0 Å². The molecular weight excluding hydrogens is 320 g/mol. The van der Waals surface area contributed by atoms with Crippen molar-refractivity contribution in [2.45, 2.75) is 11.4 Å². The number of hydrogen-bond donors (Lipinski definition) is 3. The SMILES string of the molecule is NOOSc1cc(C(=O)O)c(NCc2ccco2)cc1Cl. The van der Waals surface area contributed by atoms with Crippen molar-refractivity contribution in [3.05, 3.63) is 46.9 Å². The maximum Gasteiger partial charge on any atom is 0.337 e. The standard InChI is InChI=1S/C12H11ClN2O5S/c13-9-5-10(15-6-7-2-1-3-18-7)8(12(16)17)4-11(9)21-20-19-14/h1-5,15H,6,14H2,(H,16,17). The number of carboxylic acid groups (broad SMARTS) is 1. The molecule has 0 fully saturated rings. The summed E-state index contributed by atoms with van der Waals surface area (Å²) in [5.41, 5.74) is 0.399. The van der Waals surface area contributed by atoms with Crippen LogP contribution in [0, 0.1) is 0 Å². The molecule has 21 heavy (non-hydrogen) atoms. The molecule has 0 aliphatic carbocycles. The Morgan fingerprint density at radius 2 is 2.33 bits per heavy atom. The van der Waals surface area contributed by atoms with Crippen LogP contribution in [0.2, 0.25) is 5.02 Å². The summed E-state index contributed by atoms with van der Waals surface area (Å²) in [6.45, 7) is 0.332. The lowest BCUT2D eigenvalue weighted by Gasteiger charge is -2.11. The number of carboxylic acids is 1. The fourth-order valence-corrected chi connectivity index (χ4v) is 2.27. The molecule has 2 aromatic rings. The first kappa shape index (κ1) is 15.7. The number of hydrogen-bond acceptors (Lipinski definition) is 7. The summed E-state index contributed by atoms with van der Waals surface area (Å²) in [5.74, 6) is 4.29. The highest BCUT2D eigenvalue weighted by molar-refractivity contribution is 7.94. The minimum Gasteiger partial charge on any atom is -0.478 e. The van der Waals surface area contributed by atoms with Crippen LogP contribution in [-0.2, 0) is 15.9 Å². The molecule has 0 spiro atoms. The molecular formula is C12H11ClN2O5S. The van der Waals surface area contributed by atoms with Gasteiger partial charge in [-0.1, -0.05) is 11.6 Å². The first-order valence-electron chi connectivity index (χ1n) is 5.65. The van der Waals surface area contributed by atoms with Crippen molar-refractivity contribution < 1.29 is 23.6 Å². The molecule has 1 aromatic carbocycles. The third kappa shape index (κ3) is 4.13. The second kappa shape index (κ2) is 7.34. The van der Waals surface area contributed by atoms with E-state index in [0.717, 1.165) is 0 Å². The van der Waals surface area contributed by atoms with Gasteiger partial charge in [0.1, 0.15) is 5.76 Å². The summed E-state index contributed by atoms with van der Waals surface area (Å²) >= 11 is 6.76. The Kier molecular flexibility index (Phi) is 5.48. The van der Waals surface area contributed by atoms with Crippen molar-refractivity contribution in [3.8, 4) is 0 Å². The van der Waals surface area contributed by atoms with Crippen LogP contribution in [0.3, 0.4) is 0 Å². The maximum atomic E-state index is 11.3. The largest absolute Gasteiger partial charge is 0.478 e. The van der Waals surface area contributed by atoms with E-state index < -0.39 is 5.97 Å². The highest BCUT2D eigenvalue weighted by Crippen LogP contribution is 2.33. The highest BCUT2D eigenvalue weighted by Gasteiger charge is 2.15. The van der Waals surface area contributed by atoms with Gasteiger partial charge in [0, 0.05) is 0 Å². The Morgan fingerprint density at radius 3 is 2.95 bits per heavy atom. The first-order valence-corrected chi connectivity index (χ1v) is 6.77. The number of rotatable bonds is 7. The van der Waals surface area contributed by atoms with E-state index in [1.165, 1.54) is 18.4 Å². The number of benzene rings is 1. The molecule has 0 radical (unpaired) electrons. The number of nitrogens with one attached hydrogen (secondary N) is 1. The fraction of sp³-hybridized carbons (Fsp3) is 0.0833. The lowest BCUT2D eigenvalue weighted by atomic mass is 10.1. The van der Waals surface area contributed by atoms with Crippen molar-refractivity contribution in [2.75, 3.05) is 5.32 Å². The van der Waals surface area contributed by atoms with Crippen molar-refractivity contribution in [1.29, 1.82) is 0 Å². The molecule has 0 saturated carbocycles. The minimum atomic E-state index is -1.11. The molecule has 112 valence electrons. The van der Waals surface area contributed by atoms with Crippen molar-refractivity contribution in [3.63, 3.8) is 0 Å². The zero-order chi connectivity index (χ0) is 15.2. The zero-order valence-corrected chi connectivity index (χ0v) is 12.1. The molecule has 7 nitrogen and oxygen atoms in total. The van der Waals surface area contributed by atoms with E-state index in [1.807, 2.05) is 0 Å². The zero-order valence-electron chi connectivity index (χ0n) is 10.5. The lowest BCUT2D eigenvalue weighted by molar-refractivity contribution is -0.195. The van der Waals surface area contributed by atoms with Crippen molar-refractivity contribution >= 4 is 35.3 Å². The molecule has 1 aromatic heterocycles. The number of aromatic carboxylic acids is 1. The normalized spacial score (nSPS) is 10.6. The average Bonchev–Trinajstić information content (AvgIpc) is 2.97. The predicted molar refractivity (Wildman–Crippen MR) is 76.7 cm³/mol. The molecule has 0 unspecified atom stereocenters. The predicted octanol–water partition coefficient (Wildman–Crippen LogP) is 3.07. The van der Waals surface area contributed by atoms with Gasteiger partial charge in [-0.15, -0.1) is 9.32 Å². The van der Waals surface area contributed by atoms with Gasteiger partial charge in [-0.05, 0) is 24.3 Å². The summed E-state index contributed by atoms with van der Waals surface area (Å²) in [5, 5.41) is 12.5. The van der Waals surface area contributed by atoms with Crippen LogP contribution in [0.25, 0.3) is 0 Å². The van der Waals surface area contributed by atoms with E-state index in [1.54, 1.807) is 12.1 Å². The molecule has 2 rings (SSSR count). The topological polar surface area (TPSA) is 107 Å². The summed E-state index contributed by atoms with van der Waals surface area (Å²) in [6.07, 6.45) is 1.53. The molecule has 0 atom stereocenters. The second-order valence-corrected chi connectivity index (χ2v) is 4.96. The number of halogens is 1. The third-order valence-corrected chi connectivity index (χ3v) is 3.59. The molecule has 1 heterocycles. The van der Waals surface area contributed by atoms with Gasteiger partial charge in [-0.25, -0.2) is 4.79 Å². The maximum absolute atomic E-state index is 11.3. The molecule has 0 bridgehead atoms. The van der Waals surface area contributed by atoms with Crippen LogP contribution in [0.5, 0.6) is 0 Å². The van der Waals surface area contributed by atoms with Crippen LogP contribution >= 0.6 is 23.6 Å². The Bertz CT molecular complexity index is 620. The minimum absolute atomic E-state index is 0.0362. The third-order valence-electron chi connectivity index (χ3n) is 2.50. The van der Waals surface area contributed by atoms with E-state index in [-0.39, 0.29) is 5.56 Å². The van der Waals surface area contributed by atoms with Crippen LogP contribution in [0.1, 0.15) is 16.1 Å². The summed E-state index contributed by atoms with van der Waals surface area (Å²) in [4.78, 5) is 15.6. The Morgan fingerprint density at radius 1 is 1.52 bits per heavy atom. The van der Waals surface area contributed by atoms with Gasteiger partial charge in [-0.2, -0.15) is 5.90 Å². The van der Waals surface area contributed by atoms with Crippen LogP contribution in [0.4, 0.5) is 5.69 Å². The summed E-state index contributed by atoms with van der Waals surface area (Å²) in [7, 11) is 0. The molecule has 4 N–H and O–H groups in total. The van der Waals surface area contributed by atoms with E-state index in [0.29, 0.717) is 40.0 Å². The molecule has 0 aliphatic rings. The Hall–Kier alpha value is -1.71. The van der Waals surface area contributed by atoms with Crippen LogP contribution in [-0.4, -0.2) is 11.1 Å². The van der Waals surface area contributed by atoms with Crippen LogP contribution in [0.15, 0.2) is 39.8 Å². The van der Waals surface area contributed by atoms with Gasteiger partial charge in [0.05, 0.1) is 46.0 Å². The van der Waals surface area contributed by atoms with E-state index in [2.05, 4.69) is 14.6 Å². The van der Waals surface area contributed by atoms with Gasteiger partial charge < -0.3 is 14.8 Å². The Labute approximate surface area is 129 Å². The second-order valence-electron chi connectivity index (χ2n) is 3.81. The van der Waals surface area contributed by atoms with Gasteiger partial charge >= 0.3 is 5.97 Å². The van der Waals surface area contributed by atoms with Crippen molar-refractivity contribution in [1.82, 2.24) is 0 Å². The smallest absolute Gasteiger partial charge is 0.337 e. The van der Waals surface area contributed by atoms with Gasteiger partial charge in [0.2, 0.25) is 0 Å². The average molecular weight is 331 g/mol. The van der Waals surface area contributed by atoms with Gasteiger partial charge in [0.15, 0.2) is 0 Å². The van der Waals surface area contributed by atoms with Crippen molar-refractivity contribution in [2.24, 2.45) is 5.90 Å². The molecule has 0 saturated heterocycles. The number of nitrogens with two attached hydrogens (primary N) is 1. The molecule has 9 heteroatoms. The first-order chi connectivity index (χ1) is 10.1. The number of anilines is 1. The Balaban J connectivity index is 2.22. The highest BCUT2D eigenvalue weighted by atomic mass is 35.5. The summed E-state index contributed by atoms with van der Waals surface area (Å²) in [6, 6.07) is 6.35. The number of carbonyl (C=O) groups is 1. The van der Waals surface area contributed by atoms with E-state index in [4.69, 9.17) is 21.9 Å². The van der Waals surface area contributed by atoms with Crippen LogP contribution < -0.4 is 11.2 Å². The molecule has 0 amide bonds. The quantitative estimate of drug-likeness (QED) is 0.404. The molecule has 0 aliphatic heterocycles. The lowest BCUT2D eigenvalue weighted by Crippen LogP contribution is -2.06. The fourth-order valence-electron chi connectivity index (χ4n) is 1.59. The van der Waals surface area contributed by atoms with E-state index in [9.17, 15) is 9.90 Å². The van der Waals surface area contributed by atoms with Gasteiger partial charge in [0.25, 0.3) is 0 Å². The van der Waals surface area contributed by atoms with E-state index >= 15 is 0 Å².